The largest absolute Gasteiger partial charge is 0.420 e. The summed E-state index contributed by atoms with van der Waals surface area (Å²) in [5.74, 6) is 1.21. The summed E-state index contributed by atoms with van der Waals surface area (Å²) in [6.07, 6.45) is 5.06. The van der Waals surface area contributed by atoms with Crippen LogP contribution >= 0.6 is 0 Å². The summed E-state index contributed by atoms with van der Waals surface area (Å²) in [6.45, 7) is 4.91. The van der Waals surface area contributed by atoms with Crippen molar-refractivity contribution in [3.8, 4) is 11.5 Å². The Morgan fingerprint density at radius 2 is 2.29 bits per heavy atom. The molecule has 3 rings (SSSR count). The molecule has 7 heteroatoms. The van der Waals surface area contributed by atoms with Crippen molar-refractivity contribution in [3.05, 3.63) is 24.1 Å². The van der Waals surface area contributed by atoms with E-state index in [1.54, 1.807) is 13.1 Å². The monoisotopic (exact) mass is 287 g/mol. The molecular weight excluding hydrogens is 270 g/mol. The van der Waals surface area contributed by atoms with Crippen molar-refractivity contribution >= 4 is 5.91 Å². The third-order valence-corrected chi connectivity index (χ3v) is 3.80. The number of carbonyl (C=O) groups is 1. The van der Waals surface area contributed by atoms with E-state index in [1.165, 1.54) is 6.33 Å². The average Bonchev–Trinajstić information content (AvgIpc) is 2.97. The van der Waals surface area contributed by atoms with E-state index < -0.39 is 0 Å². The Hall–Kier alpha value is -2.31. The van der Waals surface area contributed by atoms with E-state index in [0.29, 0.717) is 18.3 Å². The Labute approximate surface area is 122 Å². The molecule has 0 spiro atoms. The maximum absolute atomic E-state index is 11.5. The lowest BCUT2D eigenvalue weighted by Gasteiger charge is -2.30. The standard InChI is InChI=1S/C14H17N5O2/c1-9-12(6-15-8-16-9)14-18-17-13(21-14)11-4-3-5-19(7-11)10(2)20/h6,8,11H,3-5,7H2,1-2H3/t11-/m1/s1. The number of amides is 1. The summed E-state index contributed by atoms with van der Waals surface area (Å²) in [4.78, 5) is 21.4. The van der Waals surface area contributed by atoms with E-state index in [1.807, 2.05) is 11.8 Å². The SMILES string of the molecule is CC(=O)N1CCC[C@@H](c2nnc(-c3cncnc3C)o2)C1. The molecule has 1 saturated heterocycles. The molecule has 1 aliphatic rings. The molecule has 0 saturated carbocycles. The van der Waals surface area contributed by atoms with Crippen LogP contribution in [-0.4, -0.2) is 44.1 Å². The van der Waals surface area contributed by atoms with Gasteiger partial charge in [-0.05, 0) is 19.8 Å². The number of carbonyl (C=O) groups excluding carboxylic acids is 1. The van der Waals surface area contributed by atoms with Gasteiger partial charge >= 0.3 is 0 Å². The van der Waals surface area contributed by atoms with Gasteiger partial charge in [-0.25, -0.2) is 9.97 Å². The van der Waals surface area contributed by atoms with Gasteiger partial charge in [0.05, 0.1) is 17.2 Å². The summed E-state index contributed by atoms with van der Waals surface area (Å²) < 4.78 is 5.78. The van der Waals surface area contributed by atoms with Crippen LogP contribution in [0.4, 0.5) is 0 Å². The minimum absolute atomic E-state index is 0.0896. The highest BCUT2D eigenvalue weighted by molar-refractivity contribution is 5.73. The minimum atomic E-state index is 0.0896. The molecule has 3 heterocycles. The summed E-state index contributed by atoms with van der Waals surface area (Å²) in [5, 5.41) is 8.23. The summed E-state index contributed by atoms with van der Waals surface area (Å²) in [5.41, 5.74) is 1.55. The quantitative estimate of drug-likeness (QED) is 0.833. The fourth-order valence-electron chi connectivity index (χ4n) is 2.57. The normalized spacial score (nSPS) is 18.8. The number of piperidine rings is 1. The van der Waals surface area contributed by atoms with Crippen molar-refractivity contribution in [1.82, 2.24) is 25.1 Å². The summed E-state index contributed by atoms with van der Waals surface area (Å²) in [6, 6.07) is 0. The highest BCUT2D eigenvalue weighted by atomic mass is 16.4. The molecule has 0 radical (unpaired) electrons. The number of nitrogens with zero attached hydrogens (tertiary/aromatic N) is 5. The Morgan fingerprint density at radius 1 is 1.43 bits per heavy atom. The van der Waals surface area contributed by atoms with Gasteiger partial charge in [-0.15, -0.1) is 10.2 Å². The van der Waals surface area contributed by atoms with Gasteiger partial charge in [0.1, 0.15) is 6.33 Å². The van der Waals surface area contributed by atoms with Crippen molar-refractivity contribution in [2.24, 2.45) is 0 Å². The van der Waals surface area contributed by atoms with Crippen LogP contribution in [-0.2, 0) is 4.79 Å². The minimum Gasteiger partial charge on any atom is -0.420 e. The highest BCUT2D eigenvalue weighted by Gasteiger charge is 2.27. The number of aromatic nitrogens is 4. The van der Waals surface area contributed by atoms with E-state index >= 15 is 0 Å². The van der Waals surface area contributed by atoms with Crippen LogP contribution in [0.1, 0.15) is 37.3 Å². The Balaban J connectivity index is 1.82. The van der Waals surface area contributed by atoms with Gasteiger partial charge in [0, 0.05) is 26.2 Å². The Bertz CT molecular complexity index is 654. The van der Waals surface area contributed by atoms with Crippen molar-refractivity contribution in [3.63, 3.8) is 0 Å². The van der Waals surface area contributed by atoms with Crippen LogP contribution in [0.5, 0.6) is 0 Å². The van der Waals surface area contributed by atoms with Gasteiger partial charge in [0.25, 0.3) is 5.89 Å². The van der Waals surface area contributed by atoms with Crippen LogP contribution in [0.3, 0.4) is 0 Å². The highest BCUT2D eigenvalue weighted by Crippen LogP contribution is 2.28. The Kier molecular flexibility index (Phi) is 3.64. The first-order valence-corrected chi connectivity index (χ1v) is 7.01. The number of hydrogen-bond donors (Lipinski definition) is 0. The number of hydrogen-bond acceptors (Lipinski definition) is 6. The molecule has 2 aromatic heterocycles. The molecule has 2 aromatic rings. The lowest BCUT2D eigenvalue weighted by molar-refractivity contribution is -0.130. The molecule has 1 atom stereocenters. The second kappa shape index (κ2) is 5.59. The molecular formula is C14H17N5O2. The summed E-state index contributed by atoms with van der Waals surface area (Å²) in [7, 11) is 0. The van der Waals surface area contributed by atoms with Gasteiger partial charge in [-0.1, -0.05) is 0 Å². The molecule has 110 valence electrons. The molecule has 0 aliphatic carbocycles. The van der Waals surface area contributed by atoms with Crippen LogP contribution in [0.25, 0.3) is 11.5 Å². The number of likely N-dealkylation sites (tertiary alicyclic amines) is 1. The fraction of sp³-hybridized carbons (Fsp3) is 0.500. The van der Waals surface area contributed by atoms with E-state index in [-0.39, 0.29) is 11.8 Å². The average molecular weight is 287 g/mol. The molecule has 0 bridgehead atoms. The van der Waals surface area contributed by atoms with Crippen LogP contribution < -0.4 is 0 Å². The van der Waals surface area contributed by atoms with Crippen molar-refractivity contribution in [2.75, 3.05) is 13.1 Å². The van der Waals surface area contributed by atoms with Crippen LogP contribution in [0, 0.1) is 6.92 Å². The predicted octanol–water partition coefficient (Wildman–Crippen LogP) is 1.56. The molecule has 1 aliphatic heterocycles. The number of aryl methyl sites for hydroxylation is 1. The maximum atomic E-state index is 11.5. The third-order valence-electron chi connectivity index (χ3n) is 3.80. The molecule has 0 unspecified atom stereocenters. The van der Waals surface area contributed by atoms with Crippen LogP contribution in [0.2, 0.25) is 0 Å². The first kappa shape index (κ1) is 13.7. The second-order valence-electron chi connectivity index (χ2n) is 5.27. The molecule has 1 amide bonds. The lowest BCUT2D eigenvalue weighted by Crippen LogP contribution is -2.37. The topological polar surface area (TPSA) is 85.0 Å². The van der Waals surface area contributed by atoms with E-state index in [9.17, 15) is 4.79 Å². The van der Waals surface area contributed by atoms with Gasteiger partial charge in [0.2, 0.25) is 11.8 Å². The molecule has 0 aromatic carbocycles. The van der Waals surface area contributed by atoms with Crippen molar-refractivity contribution < 1.29 is 9.21 Å². The van der Waals surface area contributed by atoms with Gasteiger partial charge < -0.3 is 9.32 Å². The van der Waals surface area contributed by atoms with Gasteiger partial charge in [0.15, 0.2) is 0 Å². The molecule has 21 heavy (non-hydrogen) atoms. The molecule has 1 fully saturated rings. The third kappa shape index (κ3) is 2.76. The maximum Gasteiger partial charge on any atom is 0.251 e. The first-order valence-electron chi connectivity index (χ1n) is 7.01. The predicted molar refractivity (Wildman–Crippen MR) is 74.3 cm³/mol. The van der Waals surface area contributed by atoms with E-state index in [2.05, 4.69) is 20.2 Å². The van der Waals surface area contributed by atoms with Gasteiger partial charge in [-0.2, -0.15) is 0 Å². The Morgan fingerprint density at radius 3 is 3.05 bits per heavy atom. The van der Waals surface area contributed by atoms with E-state index in [0.717, 1.165) is 30.6 Å². The van der Waals surface area contributed by atoms with Crippen molar-refractivity contribution in [1.29, 1.82) is 0 Å². The zero-order valence-electron chi connectivity index (χ0n) is 12.1. The second-order valence-corrected chi connectivity index (χ2v) is 5.27. The lowest BCUT2D eigenvalue weighted by atomic mass is 9.98. The molecule has 7 nitrogen and oxygen atoms in total. The van der Waals surface area contributed by atoms with Crippen molar-refractivity contribution in [2.45, 2.75) is 32.6 Å². The van der Waals surface area contributed by atoms with E-state index in [4.69, 9.17) is 4.42 Å². The fourth-order valence-corrected chi connectivity index (χ4v) is 2.57. The van der Waals surface area contributed by atoms with Gasteiger partial charge in [-0.3, -0.25) is 4.79 Å². The zero-order valence-corrected chi connectivity index (χ0v) is 12.1. The zero-order chi connectivity index (χ0) is 14.8. The number of rotatable bonds is 2. The smallest absolute Gasteiger partial charge is 0.251 e. The summed E-state index contributed by atoms with van der Waals surface area (Å²) >= 11 is 0. The molecule has 0 N–H and O–H groups in total. The van der Waals surface area contributed by atoms with Crippen LogP contribution in [0.15, 0.2) is 16.9 Å². The first-order chi connectivity index (χ1) is 10.1.